The van der Waals surface area contributed by atoms with E-state index in [4.69, 9.17) is 16.6 Å². The van der Waals surface area contributed by atoms with Crippen molar-refractivity contribution < 1.29 is 4.79 Å². The van der Waals surface area contributed by atoms with Crippen molar-refractivity contribution in [3.05, 3.63) is 106 Å². The van der Waals surface area contributed by atoms with Crippen LogP contribution in [0.5, 0.6) is 0 Å². The van der Waals surface area contributed by atoms with E-state index in [-0.39, 0.29) is 5.91 Å². The predicted octanol–water partition coefficient (Wildman–Crippen LogP) is 7.54. The van der Waals surface area contributed by atoms with Gasteiger partial charge >= 0.3 is 0 Å². The summed E-state index contributed by atoms with van der Waals surface area (Å²) in [6.07, 6.45) is 0. The van der Waals surface area contributed by atoms with Crippen LogP contribution < -0.4 is 5.32 Å². The number of benzene rings is 3. The zero-order valence-electron chi connectivity index (χ0n) is 16.4. The van der Waals surface area contributed by atoms with Crippen LogP contribution >= 0.6 is 22.9 Å². The Morgan fingerprint density at radius 2 is 1.68 bits per heavy atom. The van der Waals surface area contributed by atoms with Crippen LogP contribution in [0.3, 0.4) is 0 Å². The first-order chi connectivity index (χ1) is 15.2. The molecule has 5 aromatic rings. The molecule has 0 fully saturated rings. The van der Waals surface area contributed by atoms with Gasteiger partial charge in [-0.2, -0.15) is 0 Å². The lowest BCUT2D eigenvalue weighted by Crippen LogP contribution is -2.09. The Bertz CT molecular complexity index is 1380. The second-order valence-electron chi connectivity index (χ2n) is 7.09. The smallest absolute Gasteiger partial charge is 0.265 e. The molecule has 0 aliphatic rings. The van der Waals surface area contributed by atoms with Gasteiger partial charge in [-0.25, -0.2) is 4.98 Å². The van der Waals surface area contributed by atoms with Crippen molar-refractivity contribution in [2.45, 2.75) is 0 Å². The van der Waals surface area contributed by atoms with Gasteiger partial charge in [0.25, 0.3) is 5.91 Å². The van der Waals surface area contributed by atoms with Crippen molar-refractivity contribution in [2.75, 3.05) is 5.32 Å². The van der Waals surface area contributed by atoms with E-state index in [0.29, 0.717) is 9.90 Å². The van der Waals surface area contributed by atoms with Gasteiger partial charge < -0.3 is 5.32 Å². The van der Waals surface area contributed by atoms with E-state index in [0.717, 1.165) is 39.0 Å². The molecule has 0 aliphatic carbocycles. The highest BCUT2D eigenvalue weighted by atomic mass is 35.5. The number of pyridine rings is 1. The van der Waals surface area contributed by atoms with E-state index in [1.807, 2.05) is 78.2 Å². The Labute approximate surface area is 189 Å². The molecule has 0 saturated heterocycles. The summed E-state index contributed by atoms with van der Waals surface area (Å²) in [6, 6.07) is 29.5. The zero-order chi connectivity index (χ0) is 21.2. The average molecular weight is 441 g/mol. The third-order valence-electron chi connectivity index (χ3n) is 5.02. The topological polar surface area (TPSA) is 42.0 Å². The van der Waals surface area contributed by atoms with Crippen LogP contribution in [0.15, 0.2) is 96.4 Å². The Morgan fingerprint density at radius 1 is 0.839 bits per heavy atom. The Hall–Kier alpha value is -3.47. The first-order valence-electron chi connectivity index (χ1n) is 9.78. The standard InChI is InChI=1S/C26H17ClN2OS/c27-19-11-12-21-22(17-6-2-1-3-7-17)16-23(29-24(21)15-19)18-8-4-9-20(14-18)28-26(30)25-10-5-13-31-25/h1-16H,(H,28,30). The second kappa shape index (κ2) is 8.34. The summed E-state index contributed by atoms with van der Waals surface area (Å²) in [7, 11) is 0. The fraction of sp³-hybridized carbons (Fsp3) is 0. The molecule has 0 saturated carbocycles. The molecular weight excluding hydrogens is 424 g/mol. The number of carbonyl (C=O) groups excluding carboxylic acids is 1. The number of hydrogen-bond donors (Lipinski definition) is 1. The lowest BCUT2D eigenvalue weighted by Gasteiger charge is -2.12. The second-order valence-corrected chi connectivity index (χ2v) is 8.48. The Morgan fingerprint density at radius 3 is 2.48 bits per heavy atom. The van der Waals surface area contributed by atoms with Gasteiger partial charge in [-0.15, -0.1) is 11.3 Å². The Kier molecular flexibility index (Phi) is 5.24. The minimum Gasteiger partial charge on any atom is -0.321 e. The van der Waals surface area contributed by atoms with Gasteiger partial charge in [-0.05, 0) is 52.9 Å². The van der Waals surface area contributed by atoms with Crippen LogP contribution in [-0.2, 0) is 0 Å². The molecule has 31 heavy (non-hydrogen) atoms. The van der Waals surface area contributed by atoms with E-state index in [2.05, 4.69) is 23.5 Å². The quantitative estimate of drug-likeness (QED) is 0.313. The van der Waals surface area contributed by atoms with Gasteiger partial charge in [0, 0.05) is 21.7 Å². The van der Waals surface area contributed by atoms with Gasteiger partial charge in [-0.3, -0.25) is 4.79 Å². The molecule has 3 aromatic carbocycles. The number of amides is 1. The molecule has 150 valence electrons. The summed E-state index contributed by atoms with van der Waals surface area (Å²) in [5.74, 6) is -0.115. The van der Waals surface area contributed by atoms with Gasteiger partial charge in [-0.1, -0.05) is 66.2 Å². The fourth-order valence-corrected chi connectivity index (χ4v) is 4.35. The maximum absolute atomic E-state index is 12.4. The number of anilines is 1. The monoisotopic (exact) mass is 440 g/mol. The van der Waals surface area contributed by atoms with Crippen molar-refractivity contribution in [3.63, 3.8) is 0 Å². The summed E-state index contributed by atoms with van der Waals surface area (Å²) in [4.78, 5) is 18.0. The van der Waals surface area contributed by atoms with Crippen LogP contribution in [0.2, 0.25) is 5.02 Å². The highest BCUT2D eigenvalue weighted by Gasteiger charge is 2.12. The maximum atomic E-state index is 12.4. The minimum absolute atomic E-state index is 0.115. The maximum Gasteiger partial charge on any atom is 0.265 e. The van der Waals surface area contributed by atoms with Crippen LogP contribution in [-0.4, -0.2) is 10.9 Å². The van der Waals surface area contributed by atoms with Gasteiger partial charge in [0.15, 0.2) is 0 Å². The molecule has 2 heterocycles. The van der Waals surface area contributed by atoms with E-state index in [1.165, 1.54) is 11.3 Å². The number of hydrogen-bond acceptors (Lipinski definition) is 3. The molecule has 1 amide bonds. The predicted molar refractivity (Wildman–Crippen MR) is 130 cm³/mol. The number of nitrogens with one attached hydrogen (secondary N) is 1. The number of nitrogens with zero attached hydrogens (tertiary/aromatic N) is 1. The molecule has 0 unspecified atom stereocenters. The third-order valence-corrected chi connectivity index (χ3v) is 6.12. The van der Waals surface area contributed by atoms with E-state index in [1.54, 1.807) is 0 Å². The van der Waals surface area contributed by atoms with Crippen LogP contribution in [0.4, 0.5) is 5.69 Å². The average Bonchev–Trinajstić information content (AvgIpc) is 3.34. The number of thiophene rings is 1. The number of fused-ring (bicyclic) bond motifs is 1. The SMILES string of the molecule is O=C(Nc1cccc(-c2cc(-c3ccccc3)c3ccc(Cl)cc3n2)c1)c1cccs1. The highest BCUT2D eigenvalue weighted by Crippen LogP contribution is 2.33. The summed E-state index contributed by atoms with van der Waals surface area (Å²) in [6.45, 7) is 0. The molecule has 0 aliphatic heterocycles. The number of rotatable bonds is 4. The van der Waals surface area contributed by atoms with Gasteiger partial charge in [0.2, 0.25) is 0 Å². The summed E-state index contributed by atoms with van der Waals surface area (Å²) in [5.41, 5.74) is 5.50. The summed E-state index contributed by atoms with van der Waals surface area (Å²) < 4.78 is 0. The molecular formula is C26H17ClN2OS. The van der Waals surface area contributed by atoms with E-state index < -0.39 is 0 Å². The molecule has 5 heteroatoms. The summed E-state index contributed by atoms with van der Waals surface area (Å²) in [5, 5.41) is 6.55. The third kappa shape index (κ3) is 4.08. The van der Waals surface area contributed by atoms with Crippen molar-refractivity contribution in [3.8, 4) is 22.4 Å². The van der Waals surface area contributed by atoms with E-state index in [9.17, 15) is 4.79 Å². The Balaban J connectivity index is 1.60. The van der Waals surface area contributed by atoms with Crippen molar-refractivity contribution in [1.29, 1.82) is 0 Å². The summed E-state index contributed by atoms with van der Waals surface area (Å²) >= 11 is 7.68. The fourth-order valence-electron chi connectivity index (χ4n) is 3.56. The molecule has 2 aromatic heterocycles. The molecule has 1 N–H and O–H groups in total. The van der Waals surface area contributed by atoms with Crippen molar-refractivity contribution in [1.82, 2.24) is 4.98 Å². The highest BCUT2D eigenvalue weighted by molar-refractivity contribution is 7.12. The van der Waals surface area contributed by atoms with Gasteiger partial charge in [0.1, 0.15) is 0 Å². The number of carbonyl (C=O) groups is 1. The lowest BCUT2D eigenvalue weighted by atomic mass is 9.98. The zero-order valence-corrected chi connectivity index (χ0v) is 18.0. The molecule has 0 radical (unpaired) electrons. The van der Waals surface area contributed by atoms with Crippen molar-refractivity contribution in [2.24, 2.45) is 0 Å². The molecule has 0 spiro atoms. The number of aromatic nitrogens is 1. The first-order valence-corrected chi connectivity index (χ1v) is 11.0. The molecule has 0 bridgehead atoms. The first kappa shape index (κ1) is 19.5. The normalized spacial score (nSPS) is 10.9. The number of halogens is 1. The largest absolute Gasteiger partial charge is 0.321 e. The molecule has 3 nitrogen and oxygen atoms in total. The van der Waals surface area contributed by atoms with E-state index >= 15 is 0 Å². The minimum atomic E-state index is -0.115. The molecule has 0 atom stereocenters. The van der Waals surface area contributed by atoms with Crippen LogP contribution in [0, 0.1) is 0 Å². The van der Waals surface area contributed by atoms with Crippen LogP contribution in [0.25, 0.3) is 33.3 Å². The van der Waals surface area contributed by atoms with Crippen molar-refractivity contribution >= 4 is 45.4 Å². The lowest BCUT2D eigenvalue weighted by molar-refractivity contribution is 0.103. The van der Waals surface area contributed by atoms with Gasteiger partial charge in [0.05, 0.1) is 16.1 Å². The molecule has 5 rings (SSSR count). The van der Waals surface area contributed by atoms with Crippen LogP contribution in [0.1, 0.15) is 9.67 Å².